The molecule has 2 aliphatic rings. The third kappa shape index (κ3) is 2.76. The highest BCUT2D eigenvalue weighted by molar-refractivity contribution is 5.37. The number of benzene rings is 1. The smallest absolute Gasteiger partial charge is 0.0481 e. The molecule has 5 atom stereocenters. The fourth-order valence-corrected chi connectivity index (χ4v) is 4.35. The molecule has 1 aromatic carbocycles. The molecule has 116 valence electrons. The molecular formula is C19H30N2. The summed E-state index contributed by atoms with van der Waals surface area (Å²) in [6.45, 7) is 13.0. The van der Waals surface area contributed by atoms with Gasteiger partial charge in [-0.3, -0.25) is 4.90 Å². The van der Waals surface area contributed by atoms with Gasteiger partial charge in [-0.2, -0.15) is 0 Å². The Morgan fingerprint density at radius 3 is 2.29 bits per heavy atom. The van der Waals surface area contributed by atoms with Crippen LogP contribution in [-0.4, -0.2) is 30.6 Å². The minimum atomic E-state index is 0.500. The summed E-state index contributed by atoms with van der Waals surface area (Å²) in [7, 11) is 0. The van der Waals surface area contributed by atoms with Crippen molar-refractivity contribution in [3.63, 3.8) is 0 Å². The highest BCUT2D eigenvalue weighted by Gasteiger charge is 2.39. The topological polar surface area (TPSA) is 15.3 Å². The van der Waals surface area contributed by atoms with Gasteiger partial charge in [-0.15, -0.1) is 0 Å². The highest BCUT2D eigenvalue weighted by Crippen LogP contribution is 2.41. The first-order valence-corrected chi connectivity index (χ1v) is 8.68. The Hall–Kier alpha value is -0.860. The van der Waals surface area contributed by atoms with Crippen LogP contribution in [0.15, 0.2) is 24.3 Å². The quantitative estimate of drug-likeness (QED) is 0.909. The molecule has 5 unspecified atom stereocenters. The Balaban J connectivity index is 1.90. The molecular weight excluding hydrogens is 256 g/mol. The van der Waals surface area contributed by atoms with E-state index in [1.165, 1.54) is 25.1 Å². The lowest BCUT2D eigenvalue weighted by Gasteiger charge is -2.42. The minimum absolute atomic E-state index is 0.500. The van der Waals surface area contributed by atoms with Gasteiger partial charge in [-0.05, 0) is 41.8 Å². The molecule has 0 bridgehead atoms. The van der Waals surface area contributed by atoms with Crippen LogP contribution in [0, 0.1) is 11.8 Å². The zero-order valence-corrected chi connectivity index (χ0v) is 14.0. The van der Waals surface area contributed by atoms with Crippen LogP contribution in [0.4, 0.5) is 0 Å². The first kappa shape index (κ1) is 15.1. The molecule has 0 radical (unpaired) electrons. The monoisotopic (exact) mass is 286 g/mol. The van der Waals surface area contributed by atoms with E-state index in [2.05, 4.69) is 62.2 Å². The maximum absolute atomic E-state index is 3.78. The van der Waals surface area contributed by atoms with Gasteiger partial charge in [0.2, 0.25) is 0 Å². The van der Waals surface area contributed by atoms with Crippen molar-refractivity contribution < 1.29 is 0 Å². The minimum Gasteiger partial charge on any atom is -0.309 e. The van der Waals surface area contributed by atoms with Crippen LogP contribution in [0.2, 0.25) is 0 Å². The lowest BCUT2D eigenvalue weighted by Crippen LogP contribution is -2.47. The predicted molar refractivity (Wildman–Crippen MR) is 89.6 cm³/mol. The number of nitrogens with zero attached hydrogens (tertiary/aromatic N) is 1. The molecule has 1 N–H and O–H groups in total. The average Bonchev–Trinajstić information content (AvgIpc) is 2.81. The van der Waals surface area contributed by atoms with Crippen LogP contribution in [0.1, 0.15) is 57.2 Å². The Kier molecular flexibility index (Phi) is 4.37. The second-order valence-electron chi connectivity index (χ2n) is 7.28. The molecule has 1 aliphatic carbocycles. The SMILES string of the molecule is CCNC1c2ccccc2C(C)CC1N1CC(C)C(C)C1. The van der Waals surface area contributed by atoms with Crippen molar-refractivity contribution in [1.82, 2.24) is 10.2 Å². The van der Waals surface area contributed by atoms with E-state index in [0.717, 1.165) is 18.4 Å². The van der Waals surface area contributed by atoms with Crippen LogP contribution >= 0.6 is 0 Å². The Morgan fingerprint density at radius 2 is 1.67 bits per heavy atom. The lowest BCUT2D eigenvalue weighted by atomic mass is 9.77. The Bertz CT molecular complexity index is 474. The van der Waals surface area contributed by atoms with E-state index in [1.807, 2.05) is 0 Å². The molecule has 0 saturated carbocycles. The Labute approximate surface area is 129 Å². The molecule has 1 aromatic rings. The number of rotatable bonds is 3. The number of hydrogen-bond acceptors (Lipinski definition) is 2. The molecule has 2 heteroatoms. The van der Waals surface area contributed by atoms with Gasteiger partial charge in [0.05, 0.1) is 0 Å². The molecule has 3 rings (SSSR count). The maximum atomic E-state index is 3.78. The van der Waals surface area contributed by atoms with E-state index >= 15 is 0 Å². The van der Waals surface area contributed by atoms with Crippen LogP contribution in [0.5, 0.6) is 0 Å². The van der Waals surface area contributed by atoms with Crippen molar-refractivity contribution in [2.45, 2.75) is 52.1 Å². The number of likely N-dealkylation sites (tertiary alicyclic amines) is 1. The Morgan fingerprint density at radius 1 is 1.05 bits per heavy atom. The first-order chi connectivity index (χ1) is 10.1. The molecule has 1 fully saturated rings. The van der Waals surface area contributed by atoms with Gasteiger partial charge in [-0.25, -0.2) is 0 Å². The zero-order valence-electron chi connectivity index (χ0n) is 14.0. The van der Waals surface area contributed by atoms with E-state index in [-0.39, 0.29) is 0 Å². The van der Waals surface area contributed by atoms with Gasteiger partial charge in [-0.1, -0.05) is 52.0 Å². The van der Waals surface area contributed by atoms with Crippen molar-refractivity contribution in [3.05, 3.63) is 35.4 Å². The second kappa shape index (κ2) is 6.10. The summed E-state index contributed by atoms with van der Waals surface area (Å²) in [5, 5.41) is 3.78. The standard InChI is InChI=1S/C19H30N2/c1-5-20-19-17-9-7-6-8-16(17)13(2)10-18(19)21-11-14(3)15(4)12-21/h6-9,13-15,18-20H,5,10-12H2,1-4H3. The molecule has 0 aromatic heterocycles. The molecule has 0 spiro atoms. The third-order valence-corrected chi connectivity index (χ3v) is 5.75. The fourth-order valence-electron chi connectivity index (χ4n) is 4.35. The number of likely N-dealkylation sites (N-methyl/N-ethyl adjacent to an activating group) is 1. The van der Waals surface area contributed by atoms with Gasteiger partial charge < -0.3 is 5.32 Å². The number of nitrogens with one attached hydrogen (secondary N) is 1. The largest absolute Gasteiger partial charge is 0.309 e. The number of hydrogen-bond donors (Lipinski definition) is 1. The molecule has 0 amide bonds. The molecule has 1 heterocycles. The van der Waals surface area contributed by atoms with E-state index in [0.29, 0.717) is 18.0 Å². The summed E-state index contributed by atoms with van der Waals surface area (Å²) in [5.74, 6) is 2.34. The van der Waals surface area contributed by atoms with Gasteiger partial charge in [0.25, 0.3) is 0 Å². The van der Waals surface area contributed by atoms with Gasteiger partial charge in [0.15, 0.2) is 0 Å². The van der Waals surface area contributed by atoms with Crippen LogP contribution in [0.25, 0.3) is 0 Å². The van der Waals surface area contributed by atoms with E-state index in [4.69, 9.17) is 0 Å². The fraction of sp³-hybridized carbons (Fsp3) is 0.684. The summed E-state index contributed by atoms with van der Waals surface area (Å²) >= 11 is 0. The first-order valence-electron chi connectivity index (χ1n) is 8.68. The van der Waals surface area contributed by atoms with Crippen molar-refractivity contribution in [2.24, 2.45) is 11.8 Å². The number of fused-ring (bicyclic) bond motifs is 1. The van der Waals surface area contributed by atoms with Crippen LogP contribution in [0.3, 0.4) is 0 Å². The van der Waals surface area contributed by atoms with E-state index in [9.17, 15) is 0 Å². The van der Waals surface area contributed by atoms with Gasteiger partial charge in [0, 0.05) is 25.2 Å². The van der Waals surface area contributed by atoms with Crippen molar-refractivity contribution in [3.8, 4) is 0 Å². The molecule has 21 heavy (non-hydrogen) atoms. The summed E-state index contributed by atoms with van der Waals surface area (Å²) in [6.07, 6.45) is 1.29. The molecule has 2 nitrogen and oxygen atoms in total. The third-order valence-electron chi connectivity index (χ3n) is 5.75. The van der Waals surface area contributed by atoms with Crippen molar-refractivity contribution in [2.75, 3.05) is 19.6 Å². The maximum Gasteiger partial charge on any atom is 0.0481 e. The average molecular weight is 286 g/mol. The van der Waals surface area contributed by atoms with Crippen LogP contribution < -0.4 is 5.32 Å². The molecule has 1 saturated heterocycles. The van der Waals surface area contributed by atoms with Crippen LogP contribution in [-0.2, 0) is 0 Å². The molecule has 1 aliphatic heterocycles. The zero-order chi connectivity index (χ0) is 15.0. The van der Waals surface area contributed by atoms with Gasteiger partial charge in [0.1, 0.15) is 0 Å². The lowest BCUT2D eigenvalue weighted by molar-refractivity contribution is 0.157. The van der Waals surface area contributed by atoms with Gasteiger partial charge >= 0.3 is 0 Å². The predicted octanol–water partition coefficient (Wildman–Crippen LogP) is 3.80. The normalized spacial score (nSPS) is 36.7. The van der Waals surface area contributed by atoms with Crippen molar-refractivity contribution in [1.29, 1.82) is 0 Å². The van der Waals surface area contributed by atoms with Crippen molar-refractivity contribution >= 4 is 0 Å². The van der Waals surface area contributed by atoms with E-state index in [1.54, 1.807) is 5.56 Å². The van der Waals surface area contributed by atoms with E-state index < -0.39 is 0 Å². The summed E-state index contributed by atoms with van der Waals surface area (Å²) in [5.41, 5.74) is 3.09. The second-order valence-corrected chi connectivity index (χ2v) is 7.28. The highest BCUT2D eigenvalue weighted by atomic mass is 15.2. The summed E-state index contributed by atoms with van der Waals surface area (Å²) in [4.78, 5) is 2.76. The summed E-state index contributed by atoms with van der Waals surface area (Å²) in [6, 6.07) is 10.2. The summed E-state index contributed by atoms with van der Waals surface area (Å²) < 4.78 is 0.